The van der Waals surface area contributed by atoms with E-state index in [1.165, 1.54) is 0 Å². The van der Waals surface area contributed by atoms with Gasteiger partial charge in [-0.2, -0.15) is 4.98 Å². The number of nitrogens with zero attached hydrogens (tertiary/aromatic N) is 3. The Morgan fingerprint density at radius 3 is 3.05 bits per heavy atom. The maximum Gasteiger partial charge on any atom is 0.234 e. The van der Waals surface area contributed by atoms with Crippen molar-refractivity contribution in [3.63, 3.8) is 0 Å². The zero-order chi connectivity index (χ0) is 13.9. The summed E-state index contributed by atoms with van der Waals surface area (Å²) < 4.78 is 10.3. The van der Waals surface area contributed by atoms with Crippen molar-refractivity contribution in [2.75, 3.05) is 19.6 Å². The first-order valence-corrected chi connectivity index (χ1v) is 6.52. The van der Waals surface area contributed by atoms with Crippen LogP contribution in [0.3, 0.4) is 0 Å². The van der Waals surface area contributed by atoms with Gasteiger partial charge in [-0.3, -0.25) is 9.69 Å². The Kier molecular flexibility index (Phi) is 3.51. The lowest BCUT2D eigenvalue weighted by Gasteiger charge is -2.36. The van der Waals surface area contributed by atoms with Crippen molar-refractivity contribution in [2.24, 2.45) is 0 Å². The summed E-state index contributed by atoms with van der Waals surface area (Å²) in [5, 5.41) is 6.59. The topological polar surface area (TPSA) is 84.4 Å². The summed E-state index contributed by atoms with van der Waals surface area (Å²) in [5.74, 6) is 2.29. The first kappa shape index (κ1) is 12.9. The van der Waals surface area contributed by atoms with Crippen molar-refractivity contribution in [3.8, 4) is 0 Å². The third-order valence-corrected chi connectivity index (χ3v) is 3.26. The molecule has 3 rings (SSSR count). The summed E-state index contributed by atoms with van der Waals surface area (Å²) >= 11 is 0. The maximum atomic E-state index is 11.7. The molecule has 106 valence electrons. The molecule has 1 N–H and O–H groups in total. The first-order valence-electron chi connectivity index (χ1n) is 6.52. The standard InChI is InChI=1S/C13H16N4O3/c1-9-15-13(20-16-9)10-6-17(7-10)8-12(18)14-5-11-3-2-4-19-11/h2-4,10H,5-8H2,1H3,(H,14,18). The molecule has 1 fully saturated rings. The Morgan fingerprint density at radius 2 is 2.40 bits per heavy atom. The Hall–Kier alpha value is -2.15. The zero-order valence-electron chi connectivity index (χ0n) is 11.2. The largest absolute Gasteiger partial charge is 0.467 e. The molecule has 1 aliphatic heterocycles. The molecule has 0 unspecified atom stereocenters. The molecule has 2 aromatic heterocycles. The van der Waals surface area contributed by atoms with Gasteiger partial charge in [0.15, 0.2) is 5.82 Å². The van der Waals surface area contributed by atoms with E-state index in [1.54, 1.807) is 19.3 Å². The van der Waals surface area contributed by atoms with Crippen molar-refractivity contribution >= 4 is 5.91 Å². The molecule has 0 saturated carbocycles. The van der Waals surface area contributed by atoms with Crippen molar-refractivity contribution < 1.29 is 13.7 Å². The highest BCUT2D eigenvalue weighted by atomic mass is 16.5. The smallest absolute Gasteiger partial charge is 0.234 e. The van der Waals surface area contributed by atoms with Crippen LogP contribution in [0, 0.1) is 6.92 Å². The predicted molar refractivity (Wildman–Crippen MR) is 68.8 cm³/mol. The lowest BCUT2D eigenvalue weighted by molar-refractivity contribution is -0.123. The number of furan rings is 1. The average molecular weight is 276 g/mol. The van der Waals surface area contributed by atoms with E-state index in [9.17, 15) is 4.79 Å². The summed E-state index contributed by atoms with van der Waals surface area (Å²) in [6, 6.07) is 3.63. The number of carbonyl (C=O) groups excluding carboxylic acids is 1. The third-order valence-electron chi connectivity index (χ3n) is 3.26. The third kappa shape index (κ3) is 2.88. The van der Waals surface area contributed by atoms with E-state index in [0.717, 1.165) is 18.8 Å². The van der Waals surface area contributed by atoms with Crippen LogP contribution in [-0.4, -0.2) is 40.6 Å². The second-order valence-corrected chi connectivity index (χ2v) is 4.93. The highest BCUT2D eigenvalue weighted by Gasteiger charge is 2.33. The molecule has 0 aromatic carbocycles. The van der Waals surface area contributed by atoms with Gasteiger partial charge in [-0.25, -0.2) is 0 Å². The number of aryl methyl sites for hydroxylation is 1. The van der Waals surface area contributed by atoms with Crippen LogP contribution in [0.25, 0.3) is 0 Å². The van der Waals surface area contributed by atoms with Crippen LogP contribution in [0.5, 0.6) is 0 Å². The van der Waals surface area contributed by atoms with E-state index in [-0.39, 0.29) is 11.8 Å². The summed E-state index contributed by atoms with van der Waals surface area (Å²) in [7, 11) is 0. The fourth-order valence-corrected chi connectivity index (χ4v) is 2.19. The Bertz CT molecular complexity index is 572. The number of amides is 1. The van der Waals surface area contributed by atoms with Crippen LogP contribution in [0.2, 0.25) is 0 Å². The molecule has 0 aliphatic carbocycles. The second kappa shape index (κ2) is 5.46. The van der Waals surface area contributed by atoms with Gasteiger partial charge in [0.2, 0.25) is 11.8 Å². The van der Waals surface area contributed by atoms with Gasteiger partial charge in [0.05, 0.1) is 25.3 Å². The number of rotatable bonds is 5. The average Bonchev–Trinajstić information content (AvgIpc) is 3.02. The second-order valence-electron chi connectivity index (χ2n) is 4.93. The van der Waals surface area contributed by atoms with E-state index >= 15 is 0 Å². The van der Waals surface area contributed by atoms with E-state index in [0.29, 0.717) is 24.8 Å². The molecular formula is C13H16N4O3. The van der Waals surface area contributed by atoms with Gasteiger partial charge in [-0.1, -0.05) is 5.16 Å². The predicted octanol–water partition coefficient (Wildman–Crippen LogP) is 0.687. The maximum absolute atomic E-state index is 11.7. The van der Waals surface area contributed by atoms with Crippen LogP contribution in [-0.2, 0) is 11.3 Å². The molecular weight excluding hydrogens is 260 g/mol. The molecule has 0 radical (unpaired) electrons. The molecule has 1 saturated heterocycles. The van der Waals surface area contributed by atoms with Crippen LogP contribution in [0.15, 0.2) is 27.3 Å². The lowest BCUT2D eigenvalue weighted by Crippen LogP contribution is -2.49. The van der Waals surface area contributed by atoms with Gasteiger partial charge >= 0.3 is 0 Å². The van der Waals surface area contributed by atoms with Gasteiger partial charge in [0.1, 0.15) is 5.76 Å². The number of carbonyl (C=O) groups is 1. The van der Waals surface area contributed by atoms with E-state index in [2.05, 4.69) is 15.5 Å². The molecule has 0 atom stereocenters. The van der Waals surface area contributed by atoms with Crippen molar-refractivity contribution in [1.82, 2.24) is 20.4 Å². The highest BCUT2D eigenvalue weighted by molar-refractivity contribution is 5.78. The number of aromatic nitrogens is 2. The van der Waals surface area contributed by atoms with Crippen LogP contribution >= 0.6 is 0 Å². The highest BCUT2D eigenvalue weighted by Crippen LogP contribution is 2.24. The van der Waals surface area contributed by atoms with E-state index in [1.807, 2.05) is 11.0 Å². The minimum absolute atomic E-state index is 0.0124. The van der Waals surface area contributed by atoms with Crippen LogP contribution in [0.4, 0.5) is 0 Å². The molecule has 2 aromatic rings. The van der Waals surface area contributed by atoms with Crippen LogP contribution in [0.1, 0.15) is 23.4 Å². The molecule has 7 nitrogen and oxygen atoms in total. The normalized spacial score (nSPS) is 16.1. The first-order chi connectivity index (χ1) is 9.70. The number of nitrogens with one attached hydrogen (secondary N) is 1. The summed E-state index contributed by atoms with van der Waals surface area (Å²) in [6.07, 6.45) is 1.59. The minimum Gasteiger partial charge on any atom is -0.467 e. The van der Waals surface area contributed by atoms with Gasteiger partial charge < -0.3 is 14.3 Å². The minimum atomic E-state index is -0.0124. The monoisotopic (exact) mass is 276 g/mol. The van der Waals surface area contributed by atoms with E-state index < -0.39 is 0 Å². The zero-order valence-corrected chi connectivity index (χ0v) is 11.2. The van der Waals surface area contributed by atoms with Gasteiger partial charge in [0.25, 0.3) is 0 Å². The van der Waals surface area contributed by atoms with Crippen molar-refractivity contribution in [2.45, 2.75) is 19.4 Å². The number of likely N-dealkylation sites (tertiary alicyclic amines) is 1. The number of hydrogen-bond donors (Lipinski definition) is 1. The molecule has 7 heteroatoms. The summed E-state index contributed by atoms with van der Waals surface area (Å²) in [4.78, 5) is 18.0. The SMILES string of the molecule is Cc1noc(C2CN(CC(=O)NCc3ccco3)C2)n1. The number of hydrogen-bond acceptors (Lipinski definition) is 6. The Morgan fingerprint density at radius 1 is 1.55 bits per heavy atom. The molecule has 20 heavy (non-hydrogen) atoms. The molecule has 1 amide bonds. The summed E-state index contributed by atoms with van der Waals surface area (Å²) in [6.45, 7) is 4.15. The summed E-state index contributed by atoms with van der Waals surface area (Å²) in [5.41, 5.74) is 0. The Balaban J connectivity index is 1.39. The molecule has 1 aliphatic rings. The lowest BCUT2D eigenvalue weighted by atomic mass is 10.0. The fourth-order valence-electron chi connectivity index (χ4n) is 2.19. The molecule has 0 bridgehead atoms. The van der Waals surface area contributed by atoms with Crippen LogP contribution < -0.4 is 5.32 Å². The van der Waals surface area contributed by atoms with E-state index in [4.69, 9.17) is 8.94 Å². The molecule has 3 heterocycles. The van der Waals surface area contributed by atoms with Crippen molar-refractivity contribution in [3.05, 3.63) is 35.9 Å². The van der Waals surface area contributed by atoms with Crippen molar-refractivity contribution in [1.29, 1.82) is 0 Å². The van der Waals surface area contributed by atoms with Gasteiger partial charge in [0, 0.05) is 13.1 Å². The van der Waals surface area contributed by atoms with Gasteiger partial charge in [-0.15, -0.1) is 0 Å². The Labute approximate surface area is 115 Å². The quantitative estimate of drug-likeness (QED) is 0.864. The van der Waals surface area contributed by atoms with Gasteiger partial charge in [-0.05, 0) is 19.1 Å². The fraction of sp³-hybridized carbons (Fsp3) is 0.462. The molecule has 0 spiro atoms.